The van der Waals surface area contributed by atoms with Gasteiger partial charge in [-0.05, 0) is 30.5 Å². The Hall–Kier alpha value is -1.59. The minimum atomic E-state index is -0.279. The van der Waals surface area contributed by atoms with Crippen LogP contribution in [0.1, 0.15) is 43.2 Å². The van der Waals surface area contributed by atoms with Gasteiger partial charge >= 0.3 is 0 Å². The molecule has 1 fully saturated rings. The molecule has 0 atom stereocenters. The normalized spacial score (nSPS) is 17.9. The van der Waals surface area contributed by atoms with Gasteiger partial charge in [0.1, 0.15) is 0 Å². The Labute approximate surface area is 103 Å². The fraction of sp³-hybridized carbons (Fsp3) is 0.400. The molecule has 1 aliphatic carbocycles. The molecule has 1 aromatic rings. The highest BCUT2D eigenvalue weighted by Gasteiger charge is 2.24. The maximum Gasteiger partial charge on any atom is 0.0779 e. The first kappa shape index (κ1) is 11.9. The fourth-order valence-corrected chi connectivity index (χ4v) is 2.17. The second kappa shape index (κ2) is 5.16. The van der Waals surface area contributed by atoms with Gasteiger partial charge in [0, 0.05) is 11.8 Å². The number of nitrogens with one attached hydrogen (secondary N) is 1. The van der Waals surface area contributed by atoms with Crippen LogP contribution in [0.2, 0.25) is 0 Å². The Morgan fingerprint density at radius 3 is 2.35 bits per heavy atom. The van der Waals surface area contributed by atoms with Gasteiger partial charge in [-0.25, -0.2) is 0 Å². The van der Waals surface area contributed by atoms with Crippen LogP contribution in [0.3, 0.4) is 0 Å². The van der Waals surface area contributed by atoms with Crippen molar-refractivity contribution < 1.29 is 0 Å². The molecule has 0 heterocycles. The molecule has 1 saturated carbocycles. The molecule has 0 aromatic heterocycles. The first-order valence-electron chi connectivity index (χ1n) is 6.14. The highest BCUT2D eigenvalue weighted by Crippen LogP contribution is 2.25. The van der Waals surface area contributed by atoms with Crippen LogP contribution in [0.25, 0.3) is 0 Å². The second-order valence-corrected chi connectivity index (χ2v) is 4.73. The summed E-state index contributed by atoms with van der Waals surface area (Å²) in [6, 6.07) is 7.70. The van der Waals surface area contributed by atoms with Gasteiger partial charge in [0.2, 0.25) is 0 Å². The van der Waals surface area contributed by atoms with E-state index < -0.39 is 0 Å². The quantitative estimate of drug-likeness (QED) is 0.561. The van der Waals surface area contributed by atoms with Gasteiger partial charge in [-0.2, -0.15) is 0 Å². The summed E-state index contributed by atoms with van der Waals surface area (Å²) in [6.45, 7) is 0. The van der Waals surface area contributed by atoms with E-state index in [4.69, 9.17) is 11.1 Å². The van der Waals surface area contributed by atoms with Gasteiger partial charge in [-0.3, -0.25) is 0 Å². The summed E-state index contributed by atoms with van der Waals surface area (Å²) in [5.74, 6) is 6.38. The molecule has 3 N–H and O–H groups in total. The zero-order valence-electron chi connectivity index (χ0n) is 10.00. The van der Waals surface area contributed by atoms with Crippen LogP contribution in [0.4, 0.5) is 0 Å². The molecular weight excluding hydrogens is 208 g/mol. The summed E-state index contributed by atoms with van der Waals surface area (Å²) in [5.41, 5.74) is 7.85. The molecule has 0 spiro atoms. The number of nitrogens with two attached hydrogens (primary N) is 1. The predicted octanol–water partition coefficient (Wildman–Crippen LogP) is 2.70. The summed E-state index contributed by atoms with van der Waals surface area (Å²) < 4.78 is 0. The molecular formula is C15H18N2. The van der Waals surface area contributed by atoms with Gasteiger partial charge in [-0.15, -0.1) is 0 Å². The monoisotopic (exact) mass is 226 g/mol. The summed E-state index contributed by atoms with van der Waals surface area (Å²) in [7, 11) is 0. The molecule has 88 valence electrons. The van der Waals surface area contributed by atoms with Gasteiger partial charge in [0.15, 0.2) is 0 Å². The largest absolute Gasteiger partial charge is 0.315 e. The van der Waals surface area contributed by atoms with E-state index in [2.05, 4.69) is 11.8 Å². The van der Waals surface area contributed by atoms with Crippen LogP contribution < -0.4 is 5.73 Å². The zero-order chi connectivity index (χ0) is 12.1. The molecule has 17 heavy (non-hydrogen) atoms. The molecule has 0 bridgehead atoms. The van der Waals surface area contributed by atoms with E-state index >= 15 is 0 Å². The summed E-state index contributed by atoms with van der Waals surface area (Å²) >= 11 is 0. The summed E-state index contributed by atoms with van der Waals surface area (Å²) in [6.07, 6.45) is 7.03. The Balaban J connectivity index is 2.11. The van der Waals surface area contributed by atoms with E-state index in [1.165, 1.54) is 25.5 Å². The lowest BCUT2D eigenvalue weighted by Gasteiger charge is -2.27. The van der Waals surface area contributed by atoms with Crippen LogP contribution in [0.15, 0.2) is 24.3 Å². The van der Waals surface area contributed by atoms with Crippen LogP contribution in [-0.2, 0) is 0 Å². The molecule has 2 rings (SSSR count). The highest BCUT2D eigenvalue weighted by molar-refractivity contribution is 5.77. The molecule has 1 aromatic carbocycles. The molecule has 0 aliphatic heterocycles. The molecule has 0 unspecified atom stereocenters. The maximum absolute atomic E-state index is 7.13. The van der Waals surface area contributed by atoms with Crippen molar-refractivity contribution in [3.63, 3.8) is 0 Å². The maximum atomic E-state index is 7.13. The smallest absolute Gasteiger partial charge is 0.0779 e. The summed E-state index contributed by atoms with van der Waals surface area (Å²) in [5, 5.41) is 7.13. The fourth-order valence-electron chi connectivity index (χ4n) is 2.17. The van der Waals surface area contributed by atoms with Crippen molar-refractivity contribution in [1.82, 2.24) is 0 Å². The molecule has 2 nitrogen and oxygen atoms in total. The average Bonchev–Trinajstić information content (AvgIpc) is 2.38. The molecule has 0 amide bonds. The van der Waals surface area contributed by atoms with Crippen molar-refractivity contribution in [3.8, 4) is 11.8 Å². The predicted molar refractivity (Wildman–Crippen MR) is 71.2 cm³/mol. The average molecular weight is 226 g/mol. The number of hydrogen-bond donors (Lipinski definition) is 2. The minimum Gasteiger partial charge on any atom is -0.315 e. The minimum absolute atomic E-state index is 0.279. The Kier molecular flexibility index (Phi) is 3.61. The lowest BCUT2D eigenvalue weighted by atomic mass is 9.83. The third-order valence-corrected chi connectivity index (χ3v) is 3.28. The van der Waals surface area contributed by atoms with E-state index in [-0.39, 0.29) is 5.54 Å². The van der Waals surface area contributed by atoms with Gasteiger partial charge in [0.25, 0.3) is 0 Å². The topological polar surface area (TPSA) is 49.9 Å². The highest BCUT2D eigenvalue weighted by atomic mass is 14.7. The van der Waals surface area contributed by atoms with E-state index in [9.17, 15) is 0 Å². The number of benzene rings is 1. The first-order valence-corrected chi connectivity index (χ1v) is 6.14. The van der Waals surface area contributed by atoms with E-state index in [1.807, 2.05) is 24.3 Å². The van der Waals surface area contributed by atoms with Crippen molar-refractivity contribution in [1.29, 1.82) is 5.41 Å². The van der Waals surface area contributed by atoms with E-state index in [1.54, 1.807) is 0 Å². The van der Waals surface area contributed by atoms with Crippen LogP contribution in [-0.4, -0.2) is 11.8 Å². The SMILES string of the molecule is N=Cc1ccc(C#CC2(N)CCCCC2)cc1. The van der Waals surface area contributed by atoms with E-state index in [0.717, 1.165) is 24.0 Å². The van der Waals surface area contributed by atoms with Crippen LogP contribution >= 0.6 is 0 Å². The Morgan fingerprint density at radius 2 is 1.76 bits per heavy atom. The molecule has 1 aliphatic rings. The van der Waals surface area contributed by atoms with Crippen LogP contribution in [0.5, 0.6) is 0 Å². The third kappa shape index (κ3) is 3.18. The van der Waals surface area contributed by atoms with Gasteiger partial charge < -0.3 is 11.1 Å². The second-order valence-electron chi connectivity index (χ2n) is 4.73. The lowest BCUT2D eigenvalue weighted by molar-refractivity contribution is 0.370. The third-order valence-electron chi connectivity index (χ3n) is 3.28. The van der Waals surface area contributed by atoms with Crippen molar-refractivity contribution in [2.45, 2.75) is 37.6 Å². The number of rotatable bonds is 1. The standard InChI is InChI=1S/C15H18N2/c16-12-14-6-4-13(5-7-14)8-11-15(17)9-2-1-3-10-15/h4-7,12,16H,1-3,9-10,17H2. The van der Waals surface area contributed by atoms with Gasteiger partial charge in [0.05, 0.1) is 5.54 Å². The first-order chi connectivity index (χ1) is 8.22. The van der Waals surface area contributed by atoms with Crippen molar-refractivity contribution in [2.24, 2.45) is 5.73 Å². The molecule has 2 heteroatoms. The number of hydrogen-bond acceptors (Lipinski definition) is 2. The van der Waals surface area contributed by atoms with Crippen molar-refractivity contribution >= 4 is 6.21 Å². The Bertz CT molecular complexity index is 442. The van der Waals surface area contributed by atoms with Crippen LogP contribution in [0, 0.1) is 17.3 Å². The van der Waals surface area contributed by atoms with Gasteiger partial charge in [-0.1, -0.05) is 43.2 Å². The van der Waals surface area contributed by atoms with Crippen molar-refractivity contribution in [2.75, 3.05) is 0 Å². The summed E-state index contributed by atoms with van der Waals surface area (Å²) in [4.78, 5) is 0. The molecule has 0 saturated heterocycles. The van der Waals surface area contributed by atoms with E-state index in [0.29, 0.717) is 0 Å². The lowest BCUT2D eigenvalue weighted by Crippen LogP contribution is -2.40. The van der Waals surface area contributed by atoms with Crippen molar-refractivity contribution in [3.05, 3.63) is 35.4 Å². The zero-order valence-corrected chi connectivity index (χ0v) is 10.00. The molecule has 0 radical (unpaired) electrons. The Morgan fingerprint density at radius 1 is 1.12 bits per heavy atom.